The molecule has 4 rings (SSSR count). The van der Waals surface area contributed by atoms with Gasteiger partial charge < -0.3 is 5.32 Å². The zero-order valence-corrected chi connectivity index (χ0v) is 16.4. The van der Waals surface area contributed by atoms with Crippen molar-refractivity contribution in [3.63, 3.8) is 0 Å². The fourth-order valence-electron chi connectivity index (χ4n) is 3.21. The van der Waals surface area contributed by atoms with Gasteiger partial charge in [0.1, 0.15) is 5.82 Å². The van der Waals surface area contributed by atoms with Gasteiger partial charge >= 0.3 is 0 Å². The molecule has 0 bridgehead atoms. The largest absolute Gasteiger partial charge is 0.306 e. The molecule has 2 aromatic carbocycles. The second-order valence-electron chi connectivity index (χ2n) is 6.75. The number of nitrogens with one attached hydrogen (secondary N) is 1. The minimum absolute atomic E-state index is 0.000235. The van der Waals surface area contributed by atoms with Crippen LogP contribution in [-0.4, -0.2) is 34.0 Å². The first-order valence-corrected chi connectivity index (χ1v) is 10.6. The number of anilines is 1. The topological polar surface area (TPSA) is 167 Å². The summed E-state index contributed by atoms with van der Waals surface area (Å²) in [6.07, 6.45) is 0. The molecule has 0 unspecified atom stereocenters. The van der Waals surface area contributed by atoms with Crippen LogP contribution >= 0.6 is 0 Å². The molecule has 2 heterocycles. The van der Waals surface area contributed by atoms with Gasteiger partial charge in [0.25, 0.3) is 17.3 Å². The smallest absolute Gasteiger partial charge is 0.270 e. The molecule has 0 aliphatic carbocycles. The number of nitro groups is 2. The van der Waals surface area contributed by atoms with Crippen LogP contribution in [0.25, 0.3) is 5.69 Å². The highest BCUT2D eigenvalue weighted by atomic mass is 32.2. The standard InChI is InChI=1S/C18H13N5O7S/c24-18(11-2-1-3-14(8-11)23(27)28)19-17-15-9-31(29,30)10-16(15)20-21(17)12-4-6-13(7-5-12)22(25)26/h1-8H,9-10H2,(H,19,24). The number of carbonyl (C=O) groups is 1. The summed E-state index contributed by atoms with van der Waals surface area (Å²) in [5, 5.41) is 28.7. The van der Waals surface area contributed by atoms with Gasteiger partial charge in [0.2, 0.25) is 0 Å². The zero-order valence-electron chi connectivity index (χ0n) is 15.6. The molecule has 3 aromatic rings. The first-order chi connectivity index (χ1) is 14.6. The van der Waals surface area contributed by atoms with Gasteiger partial charge in [-0.25, -0.2) is 13.1 Å². The van der Waals surface area contributed by atoms with E-state index in [9.17, 15) is 33.4 Å². The Bertz CT molecular complexity index is 1350. The average Bonchev–Trinajstić information content (AvgIpc) is 3.20. The van der Waals surface area contributed by atoms with E-state index in [0.29, 0.717) is 11.3 Å². The monoisotopic (exact) mass is 443 g/mol. The number of fused-ring (bicyclic) bond motifs is 1. The Kier molecular flexibility index (Phi) is 4.74. The molecule has 0 spiro atoms. The Hall–Kier alpha value is -4.13. The molecule has 0 atom stereocenters. The molecule has 1 amide bonds. The van der Waals surface area contributed by atoms with Crippen molar-refractivity contribution in [1.82, 2.24) is 9.78 Å². The van der Waals surface area contributed by atoms with Crippen molar-refractivity contribution in [1.29, 1.82) is 0 Å². The molecule has 1 aliphatic rings. The van der Waals surface area contributed by atoms with E-state index in [2.05, 4.69) is 10.4 Å². The van der Waals surface area contributed by atoms with Crippen molar-refractivity contribution < 1.29 is 23.1 Å². The molecule has 1 N–H and O–H groups in total. The summed E-state index contributed by atoms with van der Waals surface area (Å²) in [6.45, 7) is 0. The lowest BCUT2D eigenvalue weighted by molar-refractivity contribution is -0.385. The van der Waals surface area contributed by atoms with Gasteiger partial charge in [0.05, 0.1) is 32.7 Å². The molecule has 1 aliphatic heterocycles. The van der Waals surface area contributed by atoms with Crippen LogP contribution in [0.3, 0.4) is 0 Å². The minimum Gasteiger partial charge on any atom is -0.306 e. The highest BCUT2D eigenvalue weighted by Crippen LogP contribution is 2.33. The number of nitrogens with zero attached hydrogens (tertiary/aromatic N) is 4. The second kappa shape index (κ2) is 7.28. The van der Waals surface area contributed by atoms with Gasteiger partial charge in [0, 0.05) is 35.4 Å². The van der Waals surface area contributed by atoms with Crippen molar-refractivity contribution in [3.8, 4) is 5.69 Å². The molecule has 12 nitrogen and oxygen atoms in total. The number of nitro benzene ring substituents is 2. The van der Waals surface area contributed by atoms with Crippen molar-refractivity contribution >= 4 is 32.9 Å². The van der Waals surface area contributed by atoms with Gasteiger partial charge in [-0.05, 0) is 18.2 Å². The van der Waals surface area contributed by atoms with Crippen LogP contribution in [0.2, 0.25) is 0 Å². The number of amides is 1. The zero-order chi connectivity index (χ0) is 22.3. The number of aromatic nitrogens is 2. The van der Waals surface area contributed by atoms with Crippen LogP contribution in [0, 0.1) is 20.2 Å². The third-order valence-corrected chi connectivity index (χ3v) is 6.09. The highest BCUT2D eigenvalue weighted by Gasteiger charge is 2.33. The van der Waals surface area contributed by atoms with Gasteiger partial charge in [-0.15, -0.1) is 0 Å². The van der Waals surface area contributed by atoms with Crippen molar-refractivity contribution in [3.05, 3.63) is 85.6 Å². The normalized spacial score (nSPS) is 14.1. The van der Waals surface area contributed by atoms with Crippen molar-refractivity contribution in [2.24, 2.45) is 0 Å². The maximum Gasteiger partial charge on any atom is 0.270 e. The molecule has 0 fully saturated rings. The van der Waals surface area contributed by atoms with Crippen LogP contribution < -0.4 is 5.32 Å². The number of non-ortho nitro benzene ring substituents is 2. The number of benzene rings is 2. The van der Waals surface area contributed by atoms with Gasteiger partial charge in [-0.3, -0.25) is 25.0 Å². The highest BCUT2D eigenvalue weighted by molar-refractivity contribution is 7.90. The molecule has 158 valence electrons. The lowest BCUT2D eigenvalue weighted by Crippen LogP contribution is -2.17. The second-order valence-corrected chi connectivity index (χ2v) is 8.82. The van der Waals surface area contributed by atoms with Crippen LogP contribution in [0.1, 0.15) is 21.6 Å². The Morgan fingerprint density at radius 2 is 1.68 bits per heavy atom. The maximum atomic E-state index is 12.8. The fourth-order valence-corrected chi connectivity index (χ4v) is 4.71. The summed E-state index contributed by atoms with van der Waals surface area (Å²) in [7, 11) is -3.43. The number of carbonyl (C=O) groups excluding carboxylic acids is 1. The van der Waals surface area contributed by atoms with Crippen molar-refractivity contribution in [2.75, 3.05) is 5.32 Å². The first-order valence-electron chi connectivity index (χ1n) is 8.76. The molecule has 13 heteroatoms. The SMILES string of the molecule is O=C(Nc1c2c(nn1-c1ccc([N+](=O)[O-])cc1)CS(=O)(=O)C2)c1cccc([N+](=O)[O-])c1. The maximum absolute atomic E-state index is 12.8. The summed E-state index contributed by atoms with van der Waals surface area (Å²) >= 11 is 0. The summed E-state index contributed by atoms with van der Waals surface area (Å²) in [5.41, 5.74) is 0.509. The number of rotatable bonds is 5. The van der Waals surface area contributed by atoms with Crippen LogP contribution in [-0.2, 0) is 21.3 Å². The third kappa shape index (κ3) is 3.85. The fraction of sp³-hybridized carbons (Fsp3) is 0.111. The summed E-state index contributed by atoms with van der Waals surface area (Å²) < 4.78 is 25.4. The minimum atomic E-state index is -3.43. The van der Waals surface area contributed by atoms with E-state index in [1.54, 1.807) is 0 Å². The molecule has 1 aromatic heterocycles. The lowest BCUT2D eigenvalue weighted by Gasteiger charge is -2.11. The molecular weight excluding hydrogens is 430 g/mol. The van der Waals surface area contributed by atoms with Crippen LogP contribution in [0.15, 0.2) is 48.5 Å². The van der Waals surface area contributed by atoms with E-state index in [1.165, 1.54) is 47.1 Å². The predicted octanol–water partition coefficient (Wildman–Crippen LogP) is 2.37. The third-order valence-electron chi connectivity index (χ3n) is 4.64. The van der Waals surface area contributed by atoms with E-state index >= 15 is 0 Å². The van der Waals surface area contributed by atoms with Crippen LogP contribution in [0.4, 0.5) is 17.2 Å². The Labute approximate surface area is 174 Å². The van der Waals surface area contributed by atoms with Crippen molar-refractivity contribution in [2.45, 2.75) is 11.5 Å². The predicted molar refractivity (Wildman–Crippen MR) is 108 cm³/mol. The lowest BCUT2D eigenvalue weighted by atomic mass is 10.2. The Morgan fingerprint density at radius 3 is 2.32 bits per heavy atom. The Balaban J connectivity index is 1.75. The van der Waals surface area contributed by atoms with Crippen LogP contribution in [0.5, 0.6) is 0 Å². The number of hydrogen-bond donors (Lipinski definition) is 1. The van der Waals surface area contributed by atoms with E-state index in [0.717, 1.165) is 6.07 Å². The van der Waals surface area contributed by atoms with E-state index in [-0.39, 0.29) is 40.0 Å². The molecule has 0 saturated heterocycles. The summed E-state index contributed by atoms with van der Waals surface area (Å²) in [4.78, 5) is 33.4. The number of sulfone groups is 1. The Morgan fingerprint density at radius 1 is 1.00 bits per heavy atom. The van der Waals surface area contributed by atoms with Gasteiger partial charge in [-0.1, -0.05) is 6.07 Å². The van der Waals surface area contributed by atoms with E-state index in [1.807, 2.05) is 0 Å². The molecule has 0 saturated carbocycles. The number of hydrogen-bond acceptors (Lipinski definition) is 8. The van der Waals surface area contributed by atoms with E-state index < -0.39 is 25.6 Å². The molecular formula is C18H13N5O7S. The van der Waals surface area contributed by atoms with Gasteiger partial charge in [0.15, 0.2) is 9.84 Å². The van der Waals surface area contributed by atoms with E-state index in [4.69, 9.17) is 0 Å². The van der Waals surface area contributed by atoms with Gasteiger partial charge in [-0.2, -0.15) is 5.10 Å². The molecule has 0 radical (unpaired) electrons. The summed E-state index contributed by atoms with van der Waals surface area (Å²) in [6, 6.07) is 10.4. The average molecular weight is 443 g/mol. The summed E-state index contributed by atoms with van der Waals surface area (Å²) in [5.74, 6) is -1.25. The first kappa shape index (κ1) is 20.2. The quantitative estimate of drug-likeness (QED) is 0.463. The molecule has 31 heavy (non-hydrogen) atoms.